The number of rotatable bonds is 8. The van der Waals surface area contributed by atoms with Crippen molar-refractivity contribution in [3.05, 3.63) is 28.3 Å². The van der Waals surface area contributed by atoms with Gasteiger partial charge in [0.1, 0.15) is 19.1 Å². The molecule has 23 heavy (non-hydrogen) atoms. The molecule has 2 aromatic heterocycles. The van der Waals surface area contributed by atoms with E-state index in [2.05, 4.69) is 36.7 Å². The molecule has 124 valence electrons. The average molecular weight is 387 g/mol. The zero-order chi connectivity index (χ0) is 16.7. The summed E-state index contributed by atoms with van der Waals surface area (Å²) in [5, 5.41) is 14.2. The van der Waals surface area contributed by atoms with Crippen LogP contribution >= 0.6 is 15.9 Å². The lowest BCUT2D eigenvalue weighted by atomic mass is 10.3. The topological polar surface area (TPSA) is 132 Å². The van der Waals surface area contributed by atoms with E-state index < -0.39 is 0 Å². The molecule has 0 unspecified atom stereocenters. The number of furan rings is 1. The van der Waals surface area contributed by atoms with Gasteiger partial charge in [-0.1, -0.05) is 5.16 Å². The Labute approximate surface area is 139 Å². The predicted molar refractivity (Wildman–Crippen MR) is 83.4 cm³/mol. The third-order valence-electron chi connectivity index (χ3n) is 2.66. The predicted octanol–water partition coefficient (Wildman–Crippen LogP) is 0.762. The van der Waals surface area contributed by atoms with Crippen LogP contribution in [-0.2, 0) is 16.2 Å². The molecular formula is C12H15BrN6O4. The highest BCUT2D eigenvalue weighted by molar-refractivity contribution is 9.10. The molecule has 2 heterocycles. The molecule has 0 fully saturated rings. The SMILES string of the molecule is CO/N=C(/c1nonc1NCCN)N(C=O)Cc1cc(Br)co1. The quantitative estimate of drug-likeness (QED) is 0.294. The van der Waals surface area contributed by atoms with Gasteiger partial charge in [0.15, 0.2) is 5.69 Å². The van der Waals surface area contributed by atoms with Crippen molar-refractivity contribution in [2.24, 2.45) is 10.9 Å². The second-order valence-electron chi connectivity index (χ2n) is 4.24. The molecule has 0 saturated carbocycles. The van der Waals surface area contributed by atoms with Crippen LogP contribution in [0.15, 0.2) is 31.0 Å². The molecule has 1 amide bonds. The Morgan fingerprint density at radius 1 is 1.61 bits per heavy atom. The molecule has 11 heteroatoms. The normalized spacial score (nSPS) is 11.3. The first-order valence-electron chi connectivity index (χ1n) is 6.52. The molecule has 0 aromatic carbocycles. The van der Waals surface area contributed by atoms with E-state index in [1.54, 1.807) is 6.07 Å². The molecule has 0 aliphatic heterocycles. The molecule has 0 aliphatic rings. The zero-order valence-corrected chi connectivity index (χ0v) is 13.8. The molecule has 3 N–H and O–H groups in total. The number of oxime groups is 1. The Hall–Kier alpha value is -2.40. The summed E-state index contributed by atoms with van der Waals surface area (Å²) in [4.78, 5) is 17.5. The van der Waals surface area contributed by atoms with Crippen LogP contribution in [0.1, 0.15) is 11.5 Å². The lowest BCUT2D eigenvalue weighted by molar-refractivity contribution is -0.115. The van der Waals surface area contributed by atoms with Gasteiger partial charge in [-0.2, -0.15) is 0 Å². The van der Waals surface area contributed by atoms with E-state index in [0.717, 1.165) is 4.47 Å². The molecule has 10 nitrogen and oxygen atoms in total. The smallest absolute Gasteiger partial charge is 0.215 e. The Kier molecular flexibility index (Phi) is 6.11. The van der Waals surface area contributed by atoms with Crippen molar-refractivity contribution >= 4 is 34.0 Å². The first-order valence-corrected chi connectivity index (χ1v) is 7.31. The van der Waals surface area contributed by atoms with E-state index in [1.807, 2.05) is 0 Å². The first-order chi connectivity index (χ1) is 11.2. The number of hydrogen-bond donors (Lipinski definition) is 2. The van der Waals surface area contributed by atoms with E-state index >= 15 is 0 Å². The van der Waals surface area contributed by atoms with Crippen molar-refractivity contribution in [2.75, 3.05) is 25.5 Å². The molecule has 0 spiro atoms. The summed E-state index contributed by atoms with van der Waals surface area (Å²) >= 11 is 3.28. The van der Waals surface area contributed by atoms with E-state index in [-0.39, 0.29) is 18.1 Å². The van der Waals surface area contributed by atoms with Crippen molar-refractivity contribution in [3.8, 4) is 0 Å². The highest BCUT2D eigenvalue weighted by Gasteiger charge is 2.24. The second-order valence-corrected chi connectivity index (χ2v) is 5.15. The molecule has 0 radical (unpaired) electrons. The van der Waals surface area contributed by atoms with Gasteiger partial charge in [0.2, 0.25) is 18.1 Å². The fraction of sp³-hybridized carbons (Fsp3) is 0.333. The maximum Gasteiger partial charge on any atom is 0.215 e. The van der Waals surface area contributed by atoms with Crippen molar-refractivity contribution in [2.45, 2.75) is 6.54 Å². The largest absolute Gasteiger partial charge is 0.466 e. The summed E-state index contributed by atoms with van der Waals surface area (Å²) in [6, 6.07) is 1.73. The Bertz CT molecular complexity index is 670. The number of nitrogens with one attached hydrogen (secondary N) is 1. The van der Waals surface area contributed by atoms with Gasteiger partial charge in [-0.15, -0.1) is 0 Å². The summed E-state index contributed by atoms with van der Waals surface area (Å²) in [5.41, 5.74) is 5.66. The van der Waals surface area contributed by atoms with Crippen LogP contribution in [0.5, 0.6) is 0 Å². The summed E-state index contributed by atoms with van der Waals surface area (Å²) < 4.78 is 10.8. The summed E-state index contributed by atoms with van der Waals surface area (Å²) in [6.07, 6.45) is 2.09. The fourth-order valence-corrected chi connectivity index (χ4v) is 2.08. The lowest BCUT2D eigenvalue weighted by Crippen LogP contribution is -2.31. The van der Waals surface area contributed by atoms with Crippen molar-refractivity contribution in [3.63, 3.8) is 0 Å². The highest BCUT2D eigenvalue weighted by atomic mass is 79.9. The molecular weight excluding hydrogens is 372 g/mol. The fourth-order valence-electron chi connectivity index (χ4n) is 1.73. The number of carbonyl (C=O) groups is 1. The highest BCUT2D eigenvalue weighted by Crippen LogP contribution is 2.18. The number of amides is 1. The van der Waals surface area contributed by atoms with Gasteiger partial charge < -0.3 is 20.3 Å². The van der Waals surface area contributed by atoms with Gasteiger partial charge in [-0.25, -0.2) is 4.63 Å². The number of aromatic nitrogens is 2. The molecule has 2 aromatic rings. The van der Waals surface area contributed by atoms with E-state index in [0.29, 0.717) is 31.1 Å². The number of nitrogens with zero attached hydrogens (tertiary/aromatic N) is 4. The minimum absolute atomic E-state index is 0.121. The number of anilines is 1. The summed E-state index contributed by atoms with van der Waals surface area (Å²) in [5.74, 6) is 0.968. The van der Waals surface area contributed by atoms with Crippen LogP contribution in [0.2, 0.25) is 0 Å². The van der Waals surface area contributed by atoms with E-state index in [1.165, 1.54) is 18.3 Å². The monoisotopic (exact) mass is 386 g/mol. The van der Waals surface area contributed by atoms with Crippen LogP contribution in [-0.4, -0.2) is 47.7 Å². The maximum absolute atomic E-state index is 11.5. The zero-order valence-electron chi connectivity index (χ0n) is 12.2. The molecule has 0 atom stereocenters. The molecule has 0 aliphatic carbocycles. The van der Waals surface area contributed by atoms with Crippen LogP contribution in [0.25, 0.3) is 0 Å². The Balaban J connectivity index is 2.27. The van der Waals surface area contributed by atoms with Gasteiger partial charge in [-0.05, 0) is 32.3 Å². The summed E-state index contributed by atoms with van der Waals surface area (Å²) in [6.45, 7) is 0.967. The van der Waals surface area contributed by atoms with Gasteiger partial charge >= 0.3 is 0 Å². The number of nitrogens with two attached hydrogens (primary N) is 1. The van der Waals surface area contributed by atoms with Crippen LogP contribution < -0.4 is 11.1 Å². The molecule has 0 saturated heterocycles. The lowest BCUT2D eigenvalue weighted by Gasteiger charge is -2.16. The van der Waals surface area contributed by atoms with Gasteiger partial charge in [0, 0.05) is 13.1 Å². The Morgan fingerprint density at radius 3 is 3.04 bits per heavy atom. The van der Waals surface area contributed by atoms with Crippen molar-refractivity contribution < 1.29 is 18.7 Å². The van der Waals surface area contributed by atoms with Gasteiger partial charge in [-0.3, -0.25) is 9.69 Å². The van der Waals surface area contributed by atoms with Crippen LogP contribution in [0.3, 0.4) is 0 Å². The van der Waals surface area contributed by atoms with Crippen molar-refractivity contribution in [1.82, 2.24) is 15.2 Å². The second kappa shape index (κ2) is 8.29. The van der Waals surface area contributed by atoms with Crippen LogP contribution in [0.4, 0.5) is 5.82 Å². The van der Waals surface area contributed by atoms with E-state index in [9.17, 15) is 4.79 Å². The number of hydrogen-bond acceptors (Lipinski definition) is 9. The standard InChI is InChI=1S/C12H15BrN6O4/c1-21-18-12(10-11(15-3-2-14)17-23-16-10)19(7-20)5-9-4-8(13)6-22-9/h4,6-7H,2-3,5,14H2,1H3,(H,15,17)/b18-12-. The third-order valence-corrected chi connectivity index (χ3v) is 3.08. The molecule has 2 rings (SSSR count). The average Bonchev–Trinajstić information content (AvgIpc) is 3.17. The maximum atomic E-state index is 11.5. The van der Waals surface area contributed by atoms with Crippen LogP contribution in [0, 0.1) is 0 Å². The first kappa shape index (κ1) is 17.0. The summed E-state index contributed by atoms with van der Waals surface area (Å²) in [7, 11) is 1.35. The number of amidine groups is 1. The third kappa shape index (κ3) is 4.29. The Morgan fingerprint density at radius 2 is 2.43 bits per heavy atom. The minimum atomic E-state index is 0.121. The minimum Gasteiger partial charge on any atom is -0.466 e. The number of carbonyl (C=O) groups excluding carboxylic acids is 1. The van der Waals surface area contributed by atoms with Gasteiger partial charge in [0.05, 0.1) is 11.0 Å². The molecule has 0 bridgehead atoms. The van der Waals surface area contributed by atoms with Gasteiger partial charge in [0.25, 0.3) is 0 Å². The van der Waals surface area contributed by atoms with Crippen molar-refractivity contribution in [1.29, 1.82) is 0 Å². The van der Waals surface area contributed by atoms with E-state index in [4.69, 9.17) is 19.6 Å². The number of halogens is 1.